The summed E-state index contributed by atoms with van der Waals surface area (Å²) in [6.07, 6.45) is 3.71. The van der Waals surface area contributed by atoms with Crippen LogP contribution in [0.4, 0.5) is 5.69 Å². The first-order chi connectivity index (χ1) is 12.5. The average molecular weight is 431 g/mol. The van der Waals surface area contributed by atoms with E-state index in [1.54, 1.807) is 7.11 Å². The third-order valence-electron chi connectivity index (χ3n) is 5.28. The fourth-order valence-electron chi connectivity index (χ4n) is 3.65. The predicted octanol–water partition coefficient (Wildman–Crippen LogP) is 3.00. The van der Waals surface area contributed by atoms with E-state index in [9.17, 15) is 4.79 Å². The number of hydrogen-bond acceptors (Lipinski definition) is 4. The van der Waals surface area contributed by atoms with Crippen molar-refractivity contribution >= 4 is 47.3 Å². The van der Waals surface area contributed by atoms with Crippen LogP contribution in [0.1, 0.15) is 12.8 Å². The topological polar surface area (TPSA) is 58.5 Å². The van der Waals surface area contributed by atoms with Crippen molar-refractivity contribution in [2.45, 2.75) is 19.4 Å². The molecule has 0 radical (unpaired) electrons. The molecule has 6 nitrogen and oxygen atoms in total. The van der Waals surface area contributed by atoms with Crippen LogP contribution in [-0.2, 0) is 16.1 Å². The second kappa shape index (κ2) is 11.0. The molecule has 1 aromatic heterocycles. The van der Waals surface area contributed by atoms with Crippen LogP contribution in [0.5, 0.6) is 0 Å². The molecule has 1 fully saturated rings. The number of fused-ring (bicyclic) bond motifs is 1. The van der Waals surface area contributed by atoms with Gasteiger partial charge in [0.25, 0.3) is 0 Å². The Morgan fingerprint density at radius 3 is 2.61 bits per heavy atom. The number of rotatable bonds is 7. The summed E-state index contributed by atoms with van der Waals surface area (Å²) in [5.74, 6) is 0.0617. The lowest BCUT2D eigenvalue weighted by Gasteiger charge is -2.35. The number of ether oxygens (including phenoxy) is 1. The number of anilines is 1. The van der Waals surface area contributed by atoms with Gasteiger partial charge in [0, 0.05) is 32.1 Å². The molecule has 2 aromatic rings. The van der Waals surface area contributed by atoms with Crippen LogP contribution in [0.3, 0.4) is 0 Å². The van der Waals surface area contributed by atoms with E-state index in [1.807, 2.05) is 6.07 Å². The van der Waals surface area contributed by atoms with E-state index in [1.165, 1.54) is 5.39 Å². The van der Waals surface area contributed by atoms with Crippen molar-refractivity contribution in [1.82, 2.24) is 14.8 Å². The van der Waals surface area contributed by atoms with E-state index in [4.69, 9.17) is 4.74 Å². The number of carbonyl (C=O) groups is 1. The summed E-state index contributed by atoms with van der Waals surface area (Å²) in [6.45, 7) is 4.06. The molecule has 0 unspecified atom stereocenters. The molecule has 0 aliphatic carbocycles. The number of carbonyl (C=O) groups excluding carboxylic acids is 1. The summed E-state index contributed by atoms with van der Waals surface area (Å²) in [5, 5.41) is 7.66. The lowest BCUT2D eigenvalue weighted by molar-refractivity contribution is -0.130. The van der Waals surface area contributed by atoms with Gasteiger partial charge in [-0.3, -0.25) is 4.79 Å². The number of benzene rings is 1. The van der Waals surface area contributed by atoms with Gasteiger partial charge in [-0.2, -0.15) is 0 Å². The van der Waals surface area contributed by atoms with Crippen LogP contribution < -0.4 is 10.6 Å². The summed E-state index contributed by atoms with van der Waals surface area (Å²) in [4.78, 5) is 15.2. The van der Waals surface area contributed by atoms with E-state index in [-0.39, 0.29) is 30.7 Å². The van der Waals surface area contributed by atoms with E-state index in [0.717, 1.165) is 50.2 Å². The predicted molar refractivity (Wildman–Crippen MR) is 120 cm³/mol. The van der Waals surface area contributed by atoms with Crippen LogP contribution in [0.15, 0.2) is 30.5 Å². The maximum atomic E-state index is 13.0. The first-order valence-electron chi connectivity index (χ1n) is 9.29. The first-order valence-corrected chi connectivity index (χ1v) is 9.29. The summed E-state index contributed by atoms with van der Waals surface area (Å²) in [5.41, 5.74) is 1.55. The molecular formula is C20H32Cl2N4O2. The number of hydrogen-bond donors (Lipinski definition) is 2. The number of nitrogens with one attached hydrogen (secondary N) is 2. The second-order valence-electron chi connectivity index (χ2n) is 7.50. The third-order valence-corrected chi connectivity index (χ3v) is 5.28. The van der Waals surface area contributed by atoms with E-state index < -0.39 is 5.41 Å². The van der Waals surface area contributed by atoms with Crippen molar-refractivity contribution in [1.29, 1.82) is 0 Å². The molecule has 1 aromatic carbocycles. The lowest BCUT2D eigenvalue weighted by Crippen LogP contribution is -2.47. The highest BCUT2D eigenvalue weighted by atomic mass is 35.5. The van der Waals surface area contributed by atoms with Crippen LogP contribution >= 0.6 is 24.8 Å². The van der Waals surface area contributed by atoms with Crippen LogP contribution in [0.25, 0.3) is 10.9 Å². The van der Waals surface area contributed by atoms with Crippen molar-refractivity contribution in [3.8, 4) is 0 Å². The SMILES string of the molecule is COCC1(C(=O)Nc2ccc3ccn(CCN(C)C)c3c2)CCNCC1.Cl.Cl. The molecule has 158 valence electrons. The fraction of sp³-hybridized carbons (Fsp3) is 0.550. The zero-order chi connectivity index (χ0) is 18.6. The maximum Gasteiger partial charge on any atom is 0.233 e. The molecule has 1 amide bonds. The van der Waals surface area contributed by atoms with Gasteiger partial charge in [0.1, 0.15) is 0 Å². The van der Waals surface area contributed by atoms with Gasteiger partial charge < -0.3 is 24.8 Å². The number of aromatic nitrogens is 1. The summed E-state index contributed by atoms with van der Waals surface area (Å²) >= 11 is 0. The molecule has 0 bridgehead atoms. The Hall–Kier alpha value is -1.31. The first kappa shape index (κ1) is 24.7. The minimum absolute atomic E-state index is 0. The van der Waals surface area contributed by atoms with Gasteiger partial charge in [-0.1, -0.05) is 6.07 Å². The van der Waals surface area contributed by atoms with E-state index >= 15 is 0 Å². The zero-order valence-corrected chi connectivity index (χ0v) is 18.5. The number of nitrogens with zero attached hydrogens (tertiary/aromatic N) is 2. The largest absolute Gasteiger partial charge is 0.384 e. The Morgan fingerprint density at radius 1 is 1.25 bits per heavy atom. The van der Waals surface area contributed by atoms with Crippen LogP contribution in [0, 0.1) is 5.41 Å². The number of likely N-dealkylation sites (N-methyl/N-ethyl adjacent to an activating group) is 1. The van der Waals surface area contributed by atoms with Gasteiger partial charge in [-0.15, -0.1) is 24.8 Å². The van der Waals surface area contributed by atoms with Gasteiger partial charge in [0.15, 0.2) is 0 Å². The van der Waals surface area contributed by atoms with Crippen molar-refractivity contribution < 1.29 is 9.53 Å². The number of halogens is 2. The maximum absolute atomic E-state index is 13.0. The Morgan fingerprint density at radius 2 is 1.96 bits per heavy atom. The van der Waals surface area contributed by atoms with Crippen molar-refractivity contribution in [3.05, 3.63) is 30.5 Å². The minimum atomic E-state index is -0.443. The molecule has 2 N–H and O–H groups in total. The molecule has 1 saturated heterocycles. The van der Waals surface area contributed by atoms with Crippen LogP contribution in [0.2, 0.25) is 0 Å². The van der Waals surface area contributed by atoms with Crippen LogP contribution in [-0.4, -0.2) is 62.8 Å². The fourth-order valence-corrected chi connectivity index (χ4v) is 3.65. The highest BCUT2D eigenvalue weighted by Gasteiger charge is 2.39. The Kier molecular flexibility index (Phi) is 9.74. The lowest BCUT2D eigenvalue weighted by atomic mass is 9.78. The molecule has 0 saturated carbocycles. The smallest absolute Gasteiger partial charge is 0.233 e. The molecule has 8 heteroatoms. The quantitative estimate of drug-likeness (QED) is 0.708. The van der Waals surface area contributed by atoms with Gasteiger partial charge in [-0.05, 0) is 63.6 Å². The molecule has 28 heavy (non-hydrogen) atoms. The number of piperidine rings is 1. The summed E-state index contributed by atoms with van der Waals surface area (Å²) in [7, 11) is 5.82. The van der Waals surface area contributed by atoms with E-state index in [2.05, 4.69) is 58.6 Å². The van der Waals surface area contributed by atoms with Crippen molar-refractivity contribution in [2.75, 3.05) is 52.8 Å². The molecule has 1 aliphatic rings. The normalized spacial score (nSPS) is 15.7. The standard InChI is InChI=1S/C20H30N4O2.2ClH/c1-23(2)12-13-24-11-6-16-4-5-17(14-18(16)24)22-19(25)20(15-26-3)7-9-21-10-8-20;;/h4-6,11,14,21H,7-10,12-13,15H2,1-3H3,(H,22,25);2*1H. The third kappa shape index (κ3) is 5.61. The van der Waals surface area contributed by atoms with E-state index in [0.29, 0.717) is 6.61 Å². The molecule has 0 spiro atoms. The minimum Gasteiger partial charge on any atom is -0.384 e. The highest BCUT2D eigenvalue weighted by Crippen LogP contribution is 2.31. The molecule has 1 aliphatic heterocycles. The molecular weight excluding hydrogens is 399 g/mol. The monoisotopic (exact) mass is 430 g/mol. The Labute approximate surface area is 179 Å². The van der Waals surface area contributed by atoms with Gasteiger partial charge >= 0.3 is 0 Å². The zero-order valence-electron chi connectivity index (χ0n) is 16.9. The molecule has 3 rings (SSSR count). The van der Waals surface area contributed by atoms with Gasteiger partial charge in [0.05, 0.1) is 17.5 Å². The summed E-state index contributed by atoms with van der Waals surface area (Å²) in [6, 6.07) is 8.25. The van der Waals surface area contributed by atoms with Gasteiger partial charge in [-0.25, -0.2) is 0 Å². The number of amides is 1. The summed E-state index contributed by atoms with van der Waals surface area (Å²) < 4.78 is 7.61. The Balaban J connectivity index is 0.00000196. The van der Waals surface area contributed by atoms with Gasteiger partial charge in [0.2, 0.25) is 5.91 Å². The highest BCUT2D eigenvalue weighted by molar-refractivity contribution is 5.97. The van der Waals surface area contributed by atoms with Crippen molar-refractivity contribution in [2.24, 2.45) is 5.41 Å². The second-order valence-corrected chi connectivity index (χ2v) is 7.50. The molecule has 0 atom stereocenters. The number of methoxy groups -OCH3 is 1. The Bertz CT molecular complexity index is 752. The molecule has 2 heterocycles. The van der Waals surface area contributed by atoms with Crippen molar-refractivity contribution in [3.63, 3.8) is 0 Å². The average Bonchev–Trinajstić information content (AvgIpc) is 3.03.